The second kappa shape index (κ2) is 8.48. The van der Waals surface area contributed by atoms with Crippen LogP contribution in [0.3, 0.4) is 0 Å². The second-order valence-electron chi connectivity index (χ2n) is 7.23. The van der Waals surface area contributed by atoms with Crippen molar-refractivity contribution in [3.63, 3.8) is 0 Å². The Labute approximate surface area is 189 Å². The quantitative estimate of drug-likeness (QED) is 0.622. The Bertz CT molecular complexity index is 1150. The summed E-state index contributed by atoms with van der Waals surface area (Å²) in [5.74, 6) is -1.64. The normalized spacial score (nSPS) is 21.1. The highest BCUT2D eigenvalue weighted by Crippen LogP contribution is 2.36. The number of anilines is 1. The van der Waals surface area contributed by atoms with Crippen molar-refractivity contribution in [2.75, 3.05) is 31.1 Å². The maximum absolute atomic E-state index is 14.0. The molecular weight excluding hydrogens is 468 g/mol. The summed E-state index contributed by atoms with van der Waals surface area (Å²) in [5, 5.41) is 0.350. The van der Waals surface area contributed by atoms with E-state index < -0.39 is 33.7 Å². The molecule has 2 saturated heterocycles. The van der Waals surface area contributed by atoms with E-state index in [9.17, 15) is 22.4 Å². The highest BCUT2D eigenvalue weighted by Gasteiger charge is 2.45. The molecule has 0 aliphatic carbocycles. The third-order valence-corrected chi connectivity index (χ3v) is 8.20. The molecular formula is C20H18Cl2FN3O4S. The first kappa shape index (κ1) is 22.2. The fourth-order valence-electron chi connectivity index (χ4n) is 3.87. The first-order valence-electron chi connectivity index (χ1n) is 9.51. The molecule has 0 bridgehead atoms. The molecule has 2 aliphatic heterocycles. The van der Waals surface area contributed by atoms with Gasteiger partial charge in [0.15, 0.2) is 0 Å². The summed E-state index contributed by atoms with van der Waals surface area (Å²) in [6, 6.07) is 9.20. The SMILES string of the molecule is O=C1CC(N2CCN(S(=O)(=O)c3ccccc3F)CC2)C(=O)N1c1cccc(Cl)c1Cl. The van der Waals surface area contributed by atoms with Crippen molar-refractivity contribution in [3.05, 3.63) is 58.3 Å². The highest BCUT2D eigenvalue weighted by molar-refractivity contribution is 7.89. The van der Waals surface area contributed by atoms with Crippen LogP contribution < -0.4 is 4.90 Å². The molecule has 2 aromatic carbocycles. The molecule has 2 heterocycles. The Kier molecular flexibility index (Phi) is 6.06. The van der Waals surface area contributed by atoms with Gasteiger partial charge in [-0.2, -0.15) is 4.31 Å². The van der Waals surface area contributed by atoms with Crippen molar-refractivity contribution in [3.8, 4) is 0 Å². The zero-order chi connectivity index (χ0) is 22.3. The van der Waals surface area contributed by atoms with Crippen molar-refractivity contribution in [1.29, 1.82) is 0 Å². The van der Waals surface area contributed by atoms with Gasteiger partial charge in [0.2, 0.25) is 15.9 Å². The summed E-state index contributed by atoms with van der Waals surface area (Å²) in [6.45, 7) is 0.613. The van der Waals surface area contributed by atoms with Crippen LogP contribution in [0.5, 0.6) is 0 Å². The van der Waals surface area contributed by atoms with Gasteiger partial charge in [0.05, 0.1) is 28.2 Å². The minimum Gasteiger partial charge on any atom is -0.289 e. The lowest BCUT2D eigenvalue weighted by Crippen LogP contribution is -2.53. The van der Waals surface area contributed by atoms with Crippen LogP contribution in [0.1, 0.15) is 6.42 Å². The molecule has 0 N–H and O–H groups in total. The van der Waals surface area contributed by atoms with E-state index in [1.54, 1.807) is 23.1 Å². The van der Waals surface area contributed by atoms with Crippen LogP contribution in [-0.2, 0) is 19.6 Å². The Hall–Kier alpha value is -2.04. The number of halogens is 3. The fourth-order valence-corrected chi connectivity index (χ4v) is 5.74. The molecule has 2 fully saturated rings. The van der Waals surface area contributed by atoms with Crippen LogP contribution in [-0.4, -0.2) is 61.7 Å². The van der Waals surface area contributed by atoms with E-state index in [1.165, 1.54) is 22.5 Å². The van der Waals surface area contributed by atoms with Crippen LogP contribution in [0.4, 0.5) is 10.1 Å². The molecule has 2 aliphatic rings. The van der Waals surface area contributed by atoms with Crippen molar-refractivity contribution < 1.29 is 22.4 Å². The number of sulfonamides is 1. The average Bonchev–Trinajstić information content (AvgIpc) is 3.04. The van der Waals surface area contributed by atoms with E-state index >= 15 is 0 Å². The average molecular weight is 486 g/mol. The third-order valence-electron chi connectivity index (χ3n) is 5.46. The predicted molar refractivity (Wildman–Crippen MR) is 114 cm³/mol. The molecule has 0 saturated carbocycles. The van der Waals surface area contributed by atoms with Crippen LogP contribution in [0.25, 0.3) is 0 Å². The zero-order valence-electron chi connectivity index (χ0n) is 16.2. The lowest BCUT2D eigenvalue weighted by Gasteiger charge is -2.36. The summed E-state index contributed by atoms with van der Waals surface area (Å²) in [7, 11) is -3.99. The van der Waals surface area contributed by atoms with Gasteiger partial charge in [-0.3, -0.25) is 14.5 Å². The molecule has 0 radical (unpaired) electrons. The van der Waals surface area contributed by atoms with E-state index in [2.05, 4.69) is 0 Å². The number of rotatable bonds is 4. The number of hydrogen-bond acceptors (Lipinski definition) is 5. The number of benzene rings is 2. The largest absolute Gasteiger partial charge is 0.289 e. The number of hydrogen-bond donors (Lipinski definition) is 0. The Morgan fingerprint density at radius 1 is 0.935 bits per heavy atom. The van der Waals surface area contributed by atoms with Crippen LogP contribution >= 0.6 is 23.2 Å². The van der Waals surface area contributed by atoms with Gasteiger partial charge in [0.1, 0.15) is 10.7 Å². The molecule has 11 heteroatoms. The second-order valence-corrected chi connectivity index (χ2v) is 9.92. The predicted octanol–water partition coefficient (Wildman–Crippen LogP) is 2.77. The summed E-state index contributed by atoms with van der Waals surface area (Å²) in [6.07, 6.45) is -0.0399. The molecule has 0 aromatic heterocycles. The Morgan fingerprint density at radius 3 is 2.29 bits per heavy atom. The van der Waals surface area contributed by atoms with Crippen LogP contribution in [0, 0.1) is 5.82 Å². The highest BCUT2D eigenvalue weighted by atomic mass is 35.5. The number of carbonyl (C=O) groups excluding carboxylic acids is 2. The van der Waals surface area contributed by atoms with E-state index in [0.717, 1.165) is 11.0 Å². The number of amides is 2. The summed E-state index contributed by atoms with van der Waals surface area (Å²) < 4.78 is 40.7. The maximum atomic E-state index is 14.0. The topological polar surface area (TPSA) is 78.0 Å². The van der Waals surface area contributed by atoms with Gasteiger partial charge >= 0.3 is 0 Å². The van der Waals surface area contributed by atoms with Crippen molar-refractivity contribution >= 4 is 50.7 Å². The van der Waals surface area contributed by atoms with E-state index in [1.807, 2.05) is 0 Å². The minimum atomic E-state index is -3.99. The standard InChI is InChI=1S/C20H18Cl2FN3O4S/c21-13-4-3-6-15(19(13)22)26-18(27)12-16(20(26)28)24-8-10-25(11-9-24)31(29,30)17-7-2-1-5-14(17)23/h1-7,16H,8-12H2. The summed E-state index contributed by atoms with van der Waals surface area (Å²) in [4.78, 5) is 28.0. The van der Waals surface area contributed by atoms with Crippen LogP contribution in [0.15, 0.2) is 47.4 Å². The Morgan fingerprint density at radius 2 is 1.61 bits per heavy atom. The van der Waals surface area contributed by atoms with E-state index in [-0.39, 0.29) is 53.2 Å². The molecule has 2 amide bonds. The summed E-state index contributed by atoms with van der Waals surface area (Å²) in [5.41, 5.74) is 0.229. The summed E-state index contributed by atoms with van der Waals surface area (Å²) >= 11 is 12.2. The number of imide groups is 1. The number of piperazine rings is 1. The van der Waals surface area contributed by atoms with Gasteiger partial charge in [-0.05, 0) is 24.3 Å². The van der Waals surface area contributed by atoms with Crippen LogP contribution in [0.2, 0.25) is 10.0 Å². The monoisotopic (exact) mass is 485 g/mol. The van der Waals surface area contributed by atoms with E-state index in [0.29, 0.717) is 0 Å². The van der Waals surface area contributed by atoms with Crippen molar-refractivity contribution in [2.45, 2.75) is 17.4 Å². The molecule has 2 aromatic rings. The number of nitrogens with zero attached hydrogens (tertiary/aromatic N) is 3. The molecule has 1 atom stereocenters. The van der Waals surface area contributed by atoms with Gasteiger partial charge < -0.3 is 0 Å². The Balaban J connectivity index is 1.48. The molecule has 4 rings (SSSR count). The number of carbonyl (C=O) groups is 2. The lowest BCUT2D eigenvalue weighted by atomic mass is 10.2. The fraction of sp³-hybridized carbons (Fsp3) is 0.300. The van der Waals surface area contributed by atoms with E-state index in [4.69, 9.17) is 23.2 Å². The molecule has 1 unspecified atom stereocenters. The lowest BCUT2D eigenvalue weighted by molar-refractivity contribution is -0.123. The zero-order valence-corrected chi connectivity index (χ0v) is 18.5. The molecule has 0 spiro atoms. The van der Waals surface area contributed by atoms with Gasteiger partial charge in [0, 0.05) is 26.2 Å². The maximum Gasteiger partial charge on any atom is 0.251 e. The van der Waals surface area contributed by atoms with Gasteiger partial charge in [-0.15, -0.1) is 0 Å². The van der Waals surface area contributed by atoms with Gasteiger partial charge in [0.25, 0.3) is 5.91 Å². The minimum absolute atomic E-state index is 0.0399. The third kappa shape index (κ3) is 3.96. The first-order chi connectivity index (χ1) is 14.7. The van der Waals surface area contributed by atoms with Gasteiger partial charge in [-0.25, -0.2) is 17.7 Å². The molecule has 7 nitrogen and oxygen atoms in total. The first-order valence-corrected chi connectivity index (χ1v) is 11.7. The smallest absolute Gasteiger partial charge is 0.251 e. The van der Waals surface area contributed by atoms with Crippen molar-refractivity contribution in [1.82, 2.24) is 9.21 Å². The molecule has 31 heavy (non-hydrogen) atoms. The molecule has 164 valence electrons. The van der Waals surface area contributed by atoms with Crippen molar-refractivity contribution in [2.24, 2.45) is 0 Å². The van der Waals surface area contributed by atoms with Gasteiger partial charge in [-0.1, -0.05) is 41.4 Å².